The molecular formula is C17H16FN3O. The first-order chi connectivity index (χ1) is 10.6. The smallest absolute Gasteiger partial charge is 0.251 e. The van der Waals surface area contributed by atoms with Crippen molar-refractivity contribution in [2.75, 3.05) is 0 Å². The largest absolute Gasteiger partial charge is 0.342 e. The van der Waals surface area contributed by atoms with Crippen LogP contribution in [0, 0.1) is 5.82 Å². The Balaban J connectivity index is 1.83. The van der Waals surface area contributed by atoms with Crippen molar-refractivity contribution in [2.24, 2.45) is 7.05 Å². The lowest BCUT2D eigenvalue weighted by Gasteiger charge is -2.14. The number of aryl methyl sites for hydroxylation is 1. The number of nitrogens with one attached hydrogen (secondary N) is 1. The fraction of sp³-hybridized carbons (Fsp3) is 0.176. The van der Waals surface area contributed by atoms with Gasteiger partial charge in [-0.3, -0.25) is 4.79 Å². The van der Waals surface area contributed by atoms with Crippen LogP contribution >= 0.6 is 0 Å². The minimum atomic E-state index is -0.361. The van der Waals surface area contributed by atoms with E-state index in [1.165, 1.54) is 24.3 Å². The van der Waals surface area contributed by atoms with Crippen molar-refractivity contribution in [1.82, 2.24) is 14.9 Å². The maximum atomic E-state index is 12.9. The first-order valence-corrected chi connectivity index (χ1v) is 7.04. The molecule has 0 aliphatic rings. The van der Waals surface area contributed by atoms with Crippen LogP contribution in [0.25, 0.3) is 11.0 Å². The highest BCUT2D eigenvalue weighted by molar-refractivity contribution is 5.94. The molecule has 1 N–H and O–H groups in total. The van der Waals surface area contributed by atoms with Crippen molar-refractivity contribution in [3.63, 3.8) is 0 Å². The van der Waals surface area contributed by atoms with Crippen LogP contribution in [0.2, 0.25) is 0 Å². The number of amides is 1. The van der Waals surface area contributed by atoms with E-state index in [4.69, 9.17) is 0 Å². The topological polar surface area (TPSA) is 46.9 Å². The molecule has 1 amide bonds. The summed E-state index contributed by atoms with van der Waals surface area (Å²) >= 11 is 0. The van der Waals surface area contributed by atoms with Gasteiger partial charge in [-0.15, -0.1) is 0 Å². The molecule has 1 atom stereocenters. The number of imidazole rings is 1. The molecule has 1 aromatic heterocycles. The Hall–Kier alpha value is -2.69. The predicted molar refractivity (Wildman–Crippen MR) is 83.0 cm³/mol. The van der Waals surface area contributed by atoms with E-state index in [2.05, 4.69) is 10.3 Å². The second-order valence-corrected chi connectivity index (χ2v) is 5.22. The van der Waals surface area contributed by atoms with Crippen molar-refractivity contribution >= 4 is 16.9 Å². The fourth-order valence-corrected chi connectivity index (χ4v) is 2.50. The van der Waals surface area contributed by atoms with Crippen LogP contribution in [0.3, 0.4) is 0 Å². The van der Waals surface area contributed by atoms with Gasteiger partial charge in [-0.1, -0.05) is 12.1 Å². The van der Waals surface area contributed by atoms with Gasteiger partial charge in [0.15, 0.2) is 0 Å². The lowest BCUT2D eigenvalue weighted by molar-refractivity contribution is 0.0938. The number of para-hydroxylation sites is 2. The highest BCUT2D eigenvalue weighted by Gasteiger charge is 2.17. The van der Waals surface area contributed by atoms with Crippen molar-refractivity contribution in [1.29, 1.82) is 0 Å². The second-order valence-electron chi connectivity index (χ2n) is 5.22. The molecular weight excluding hydrogens is 281 g/mol. The SMILES string of the molecule is C[C@H](NC(=O)c1ccc(F)cc1)c1nc2ccccc2n1C. The molecule has 0 radical (unpaired) electrons. The summed E-state index contributed by atoms with van der Waals surface area (Å²) in [5.41, 5.74) is 2.33. The summed E-state index contributed by atoms with van der Waals surface area (Å²) in [6, 6.07) is 13.0. The van der Waals surface area contributed by atoms with Crippen LogP contribution in [-0.4, -0.2) is 15.5 Å². The first-order valence-electron chi connectivity index (χ1n) is 7.04. The fourth-order valence-electron chi connectivity index (χ4n) is 2.50. The van der Waals surface area contributed by atoms with Crippen molar-refractivity contribution in [3.05, 3.63) is 65.7 Å². The van der Waals surface area contributed by atoms with E-state index in [9.17, 15) is 9.18 Å². The van der Waals surface area contributed by atoms with Gasteiger partial charge < -0.3 is 9.88 Å². The second kappa shape index (κ2) is 5.60. The summed E-state index contributed by atoms with van der Waals surface area (Å²) in [6.45, 7) is 1.88. The van der Waals surface area contributed by atoms with Gasteiger partial charge in [0.2, 0.25) is 0 Å². The Morgan fingerprint density at radius 2 is 1.86 bits per heavy atom. The molecule has 3 aromatic rings. The maximum absolute atomic E-state index is 12.9. The number of aromatic nitrogens is 2. The molecule has 1 heterocycles. The molecule has 0 spiro atoms. The average Bonchev–Trinajstić information content (AvgIpc) is 2.85. The van der Waals surface area contributed by atoms with Crippen molar-refractivity contribution < 1.29 is 9.18 Å². The lowest BCUT2D eigenvalue weighted by Crippen LogP contribution is -2.28. The number of rotatable bonds is 3. The van der Waals surface area contributed by atoms with E-state index < -0.39 is 0 Å². The van der Waals surface area contributed by atoms with Crippen LogP contribution in [0.15, 0.2) is 48.5 Å². The van der Waals surface area contributed by atoms with Gasteiger partial charge >= 0.3 is 0 Å². The number of hydrogen-bond donors (Lipinski definition) is 1. The molecule has 0 saturated heterocycles. The highest BCUT2D eigenvalue weighted by atomic mass is 19.1. The summed E-state index contributed by atoms with van der Waals surface area (Å²) in [4.78, 5) is 16.8. The number of benzene rings is 2. The zero-order valence-corrected chi connectivity index (χ0v) is 12.4. The molecule has 2 aromatic carbocycles. The molecule has 0 bridgehead atoms. The van der Waals surface area contributed by atoms with Crippen LogP contribution < -0.4 is 5.32 Å². The molecule has 5 heteroatoms. The molecule has 3 rings (SSSR count). The van der Waals surface area contributed by atoms with Crippen LogP contribution in [0.4, 0.5) is 4.39 Å². The first kappa shape index (κ1) is 14.3. The van der Waals surface area contributed by atoms with Crippen LogP contribution in [-0.2, 0) is 7.05 Å². The summed E-state index contributed by atoms with van der Waals surface area (Å²) in [7, 11) is 1.92. The summed E-state index contributed by atoms with van der Waals surface area (Å²) in [5.74, 6) is 0.163. The normalized spacial score (nSPS) is 12.3. The monoisotopic (exact) mass is 297 g/mol. The van der Waals surface area contributed by atoms with Gasteiger partial charge in [0.05, 0.1) is 17.1 Å². The molecule has 0 aliphatic heterocycles. The Morgan fingerprint density at radius 3 is 2.55 bits per heavy atom. The standard InChI is InChI=1S/C17H16FN3O/c1-11(19-17(22)12-7-9-13(18)10-8-12)16-20-14-5-3-4-6-15(14)21(16)2/h3-11H,1-2H3,(H,19,22)/t11-/m0/s1. The van der Waals surface area contributed by atoms with Crippen LogP contribution in [0.5, 0.6) is 0 Å². The third-order valence-corrected chi connectivity index (χ3v) is 3.66. The molecule has 112 valence electrons. The number of fused-ring (bicyclic) bond motifs is 1. The van der Waals surface area contributed by atoms with Crippen LogP contribution in [0.1, 0.15) is 29.1 Å². The van der Waals surface area contributed by atoms with Gasteiger partial charge in [0, 0.05) is 12.6 Å². The highest BCUT2D eigenvalue weighted by Crippen LogP contribution is 2.19. The van der Waals surface area contributed by atoms with Crippen molar-refractivity contribution in [2.45, 2.75) is 13.0 Å². The van der Waals surface area contributed by atoms with Gasteiger partial charge in [-0.25, -0.2) is 9.37 Å². The predicted octanol–water partition coefficient (Wildman–Crippen LogP) is 3.20. The number of nitrogens with zero attached hydrogens (tertiary/aromatic N) is 2. The van der Waals surface area contributed by atoms with E-state index >= 15 is 0 Å². The van der Waals surface area contributed by atoms with E-state index in [1.54, 1.807) is 0 Å². The number of carbonyl (C=O) groups is 1. The van der Waals surface area contributed by atoms with E-state index in [0.717, 1.165) is 16.9 Å². The maximum Gasteiger partial charge on any atom is 0.251 e. The third kappa shape index (κ3) is 2.57. The van der Waals surface area contributed by atoms with E-state index in [0.29, 0.717) is 5.56 Å². The third-order valence-electron chi connectivity index (χ3n) is 3.66. The minimum absolute atomic E-state index is 0.250. The molecule has 22 heavy (non-hydrogen) atoms. The quantitative estimate of drug-likeness (QED) is 0.807. The lowest BCUT2D eigenvalue weighted by atomic mass is 10.2. The molecule has 0 unspecified atom stereocenters. The summed E-state index contributed by atoms with van der Waals surface area (Å²) in [6.07, 6.45) is 0. The number of halogens is 1. The Kier molecular flexibility index (Phi) is 3.63. The minimum Gasteiger partial charge on any atom is -0.342 e. The summed E-state index contributed by atoms with van der Waals surface area (Å²) in [5, 5.41) is 2.89. The van der Waals surface area contributed by atoms with Crippen molar-refractivity contribution in [3.8, 4) is 0 Å². The molecule has 4 nitrogen and oxygen atoms in total. The van der Waals surface area contributed by atoms with Gasteiger partial charge in [0.1, 0.15) is 11.6 Å². The Labute approximate surface area is 127 Å². The zero-order valence-electron chi connectivity index (χ0n) is 12.4. The average molecular weight is 297 g/mol. The molecule has 0 saturated carbocycles. The van der Waals surface area contributed by atoms with Gasteiger partial charge in [0.25, 0.3) is 5.91 Å². The molecule has 0 fully saturated rings. The van der Waals surface area contributed by atoms with Gasteiger partial charge in [-0.2, -0.15) is 0 Å². The van der Waals surface area contributed by atoms with E-state index in [-0.39, 0.29) is 17.8 Å². The number of carbonyl (C=O) groups excluding carboxylic acids is 1. The van der Waals surface area contributed by atoms with Gasteiger partial charge in [-0.05, 0) is 43.3 Å². The van der Waals surface area contributed by atoms with E-state index in [1.807, 2.05) is 42.8 Å². The Morgan fingerprint density at radius 1 is 1.18 bits per heavy atom. The summed E-state index contributed by atoms with van der Waals surface area (Å²) < 4.78 is 14.9. The molecule has 0 aliphatic carbocycles. The Bertz CT molecular complexity index is 824. The zero-order chi connectivity index (χ0) is 15.7. The number of hydrogen-bond acceptors (Lipinski definition) is 2.